The minimum absolute atomic E-state index is 0.314. The highest BCUT2D eigenvalue weighted by Crippen LogP contribution is 2.28. The number of nitrogens with one attached hydrogen (secondary N) is 1. The fourth-order valence-electron chi connectivity index (χ4n) is 2.98. The molecule has 27 heavy (non-hydrogen) atoms. The number of hydrogen-bond acceptors (Lipinski definition) is 4. The minimum Gasteiger partial charge on any atom is -0.306 e. The molecular weight excluding hydrogens is 342 g/mol. The Morgan fingerprint density at radius 1 is 0.889 bits per heavy atom. The Morgan fingerprint density at radius 2 is 1.52 bits per heavy atom. The third-order valence-electron chi connectivity index (χ3n) is 4.42. The molecule has 2 aromatic carbocycles. The van der Waals surface area contributed by atoms with E-state index in [0.717, 1.165) is 10.5 Å². The first kappa shape index (κ1) is 16.7. The Morgan fingerprint density at radius 3 is 2.11 bits per heavy atom. The molecule has 0 saturated heterocycles. The standard InChI is InChI=1S/C21H15N3O3/c1-13-5-4-12-22-18(13)23-19(25)14-8-10-15(11-9-14)24-20(26)16-6-2-3-7-17(16)21(24)27/h2-12H,1H3,(H,22,23,25). The lowest BCUT2D eigenvalue weighted by atomic mass is 10.1. The molecule has 1 aliphatic rings. The van der Waals surface area contributed by atoms with Crippen LogP contribution >= 0.6 is 0 Å². The fourth-order valence-corrected chi connectivity index (χ4v) is 2.98. The molecule has 132 valence electrons. The summed E-state index contributed by atoms with van der Waals surface area (Å²) in [4.78, 5) is 42.7. The van der Waals surface area contributed by atoms with E-state index < -0.39 is 0 Å². The van der Waals surface area contributed by atoms with Gasteiger partial charge < -0.3 is 5.32 Å². The molecule has 1 N–H and O–H groups in total. The monoisotopic (exact) mass is 357 g/mol. The zero-order chi connectivity index (χ0) is 19.0. The maximum atomic E-state index is 12.5. The number of amides is 3. The molecule has 2 heterocycles. The molecule has 3 aromatic rings. The van der Waals surface area contributed by atoms with Crippen molar-refractivity contribution in [3.8, 4) is 0 Å². The van der Waals surface area contributed by atoms with Gasteiger partial charge in [0, 0.05) is 11.8 Å². The summed E-state index contributed by atoms with van der Waals surface area (Å²) in [5.41, 5.74) is 2.45. The molecular formula is C21H15N3O3. The molecule has 1 aromatic heterocycles. The fraction of sp³-hybridized carbons (Fsp3) is 0.0476. The van der Waals surface area contributed by atoms with E-state index in [1.54, 1.807) is 60.8 Å². The summed E-state index contributed by atoms with van der Waals surface area (Å²) >= 11 is 0. The van der Waals surface area contributed by atoms with Crippen LogP contribution in [0.5, 0.6) is 0 Å². The van der Waals surface area contributed by atoms with Crippen LogP contribution in [0.15, 0.2) is 66.9 Å². The van der Waals surface area contributed by atoms with Crippen LogP contribution in [0.2, 0.25) is 0 Å². The number of nitrogens with zero attached hydrogens (tertiary/aromatic N) is 2. The van der Waals surface area contributed by atoms with Crippen molar-refractivity contribution in [2.24, 2.45) is 0 Å². The van der Waals surface area contributed by atoms with Gasteiger partial charge in [0.1, 0.15) is 5.82 Å². The average molecular weight is 357 g/mol. The van der Waals surface area contributed by atoms with Crippen LogP contribution in [0.3, 0.4) is 0 Å². The molecule has 3 amide bonds. The predicted octanol–water partition coefficient (Wildman–Crippen LogP) is 3.44. The van der Waals surface area contributed by atoms with Crippen molar-refractivity contribution in [1.82, 2.24) is 4.98 Å². The highest BCUT2D eigenvalue weighted by Gasteiger charge is 2.36. The van der Waals surface area contributed by atoms with Crippen molar-refractivity contribution in [3.63, 3.8) is 0 Å². The van der Waals surface area contributed by atoms with E-state index in [4.69, 9.17) is 0 Å². The number of imide groups is 1. The van der Waals surface area contributed by atoms with E-state index in [1.165, 1.54) is 0 Å². The summed E-state index contributed by atoms with van der Waals surface area (Å²) < 4.78 is 0. The molecule has 0 spiro atoms. The molecule has 0 radical (unpaired) electrons. The SMILES string of the molecule is Cc1cccnc1NC(=O)c1ccc(N2C(=O)c3ccccc3C2=O)cc1. The Balaban J connectivity index is 1.57. The number of carbonyl (C=O) groups is 3. The van der Waals surface area contributed by atoms with Crippen LogP contribution < -0.4 is 10.2 Å². The van der Waals surface area contributed by atoms with E-state index in [0.29, 0.717) is 28.2 Å². The zero-order valence-corrected chi connectivity index (χ0v) is 14.5. The molecule has 6 nitrogen and oxygen atoms in total. The first-order valence-corrected chi connectivity index (χ1v) is 8.37. The highest BCUT2D eigenvalue weighted by molar-refractivity contribution is 6.34. The lowest BCUT2D eigenvalue weighted by Gasteiger charge is -2.14. The van der Waals surface area contributed by atoms with Gasteiger partial charge in [-0.3, -0.25) is 14.4 Å². The number of rotatable bonds is 3. The number of anilines is 2. The third-order valence-corrected chi connectivity index (χ3v) is 4.42. The molecule has 0 saturated carbocycles. The van der Waals surface area contributed by atoms with Crippen molar-refractivity contribution in [2.45, 2.75) is 6.92 Å². The molecule has 6 heteroatoms. The lowest BCUT2D eigenvalue weighted by Crippen LogP contribution is -2.29. The van der Waals surface area contributed by atoms with Gasteiger partial charge in [-0.15, -0.1) is 0 Å². The van der Waals surface area contributed by atoms with Crippen LogP contribution in [-0.4, -0.2) is 22.7 Å². The Kier molecular flexibility index (Phi) is 4.01. The molecule has 1 aliphatic heterocycles. The zero-order valence-electron chi connectivity index (χ0n) is 14.5. The topological polar surface area (TPSA) is 79.4 Å². The van der Waals surface area contributed by atoms with Crippen molar-refractivity contribution in [2.75, 3.05) is 10.2 Å². The molecule has 4 rings (SSSR count). The Hall–Kier alpha value is -3.80. The van der Waals surface area contributed by atoms with E-state index in [9.17, 15) is 14.4 Å². The normalized spacial score (nSPS) is 12.9. The molecule has 0 aliphatic carbocycles. The molecule has 0 fully saturated rings. The van der Waals surface area contributed by atoms with Crippen molar-refractivity contribution in [3.05, 3.63) is 89.1 Å². The number of fused-ring (bicyclic) bond motifs is 1. The summed E-state index contributed by atoms with van der Waals surface area (Å²) in [6, 6.07) is 16.7. The quantitative estimate of drug-likeness (QED) is 0.728. The van der Waals surface area contributed by atoms with Gasteiger partial charge >= 0.3 is 0 Å². The average Bonchev–Trinajstić information content (AvgIpc) is 2.95. The second kappa shape index (κ2) is 6.49. The second-order valence-corrected chi connectivity index (χ2v) is 6.16. The van der Waals surface area contributed by atoms with Crippen LogP contribution in [0.25, 0.3) is 0 Å². The number of aromatic nitrogens is 1. The smallest absolute Gasteiger partial charge is 0.266 e. The number of aryl methyl sites for hydroxylation is 1. The van der Waals surface area contributed by atoms with Gasteiger partial charge in [0.15, 0.2) is 0 Å². The Labute approximate surface area is 155 Å². The summed E-state index contributed by atoms with van der Waals surface area (Å²) in [6.07, 6.45) is 1.61. The molecule has 0 bridgehead atoms. The summed E-state index contributed by atoms with van der Waals surface area (Å²) in [5, 5.41) is 2.75. The highest BCUT2D eigenvalue weighted by atomic mass is 16.2. The van der Waals surface area contributed by atoms with E-state index in [2.05, 4.69) is 10.3 Å². The van der Waals surface area contributed by atoms with E-state index >= 15 is 0 Å². The maximum absolute atomic E-state index is 12.5. The summed E-state index contributed by atoms with van der Waals surface area (Å²) in [6.45, 7) is 1.86. The van der Waals surface area contributed by atoms with Crippen LogP contribution in [0.4, 0.5) is 11.5 Å². The first-order chi connectivity index (χ1) is 13.1. The largest absolute Gasteiger partial charge is 0.306 e. The van der Waals surface area contributed by atoms with Crippen LogP contribution in [-0.2, 0) is 0 Å². The lowest BCUT2D eigenvalue weighted by molar-refractivity contribution is 0.0925. The van der Waals surface area contributed by atoms with Crippen molar-refractivity contribution >= 4 is 29.2 Å². The predicted molar refractivity (Wildman–Crippen MR) is 101 cm³/mol. The van der Waals surface area contributed by atoms with Gasteiger partial charge in [-0.25, -0.2) is 9.88 Å². The van der Waals surface area contributed by atoms with Gasteiger partial charge in [0.2, 0.25) is 0 Å². The summed E-state index contributed by atoms with van der Waals surface area (Å²) in [7, 11) is 0. The minimum atomic E-state index is -0.364. The number of pyridine rings is 1. The second-order valence-electron chi connectivity index (χ2n) is 6.16. The van der Waals surface area contributed by atoms with Crippen LogP contribution in [0.1, 0.15) is 36.6 Å². The van der Waals surface area contributed by atoms with Crippen LogP contribution in [0, 0.1) is 6.92 Å². The van der Waals surface area contributed by atoms with Gasteiger partial charge in [0.05, 0.1) is 16.8 Å². The summed E-state index contributed by atoms with van der Waals surface area (Å²) in [5.74, 6) is -0.550. The molecule has 0 unspecified atom stereocenters. The van der Waals surface area contributed by atoms with E-state index in [-0.39, 0.29) is 17.7 Å². The van der Waals surface area contributed by atoms with Crippen molar-refractivity contribution < 1.29 is 14.4 Å². The molecule has 0 atom stereocenters. The maximum Gasteiger partial charge on any atom is 0.266 e. The van der Waals surface area contributed by atoms with E-state index in [1.807, 2.05) is 13.0 Å². The number of benzene rings is 2. The Bertz CT molecular complexity index is 1040. The number of carbonyl (C=O) groups excluding carboxylic acids is 3. The van der Waals surface area contributed by atoms with Gasteiger partial charge in [-0.2, -0.15) is 0 Å². The van der Waals surface area contributed by atoms with Gasteiger partial charge in [-0.05, 0) is 55.0 Å². The van der Waals surface area contributed by atoms with Crippen molar-refractivity contribution in [1.29, 1.82) is 0 Å². The van der Waals surface area contributed by atoms with Gasteiger partial charge in [-0.1, -0.05) is 18.2 Å². The third kappa shape index (κ3) is 2.87. The number of hydrogen-bond donors (Lipinski definition) is 1. The van der Waals surface area contributed by atoms with Gasteiger partial charge in [0.25, 0.3) is 17.7 Å². The first-order valence-electron chi connectivity index (χ1n) is 8.37.